The number of amides is 1. The maximum atomic E-state index is 13.5. The van der Waals surface area contributed by atoms with Gasteiger partial charge in [-0.25, -0.2) is 17.9 Å². The molecule has 2 aliphatic heterocycles. The van der Waals surface area contributed by atoms with Gasteiger partial charge in [0.1, 0.15) is 5.75 Å². The summed E-state index contributed by atoms with van der Waals surface area (Å²) >= 11 is 6.50. The van der Waals surface area contributed by atoms with E-state index in [0.29, 0.717) is 37.6 Å². The normalized spacial score (nSPS) is 38.0. The number of nitrogens with zero attached hydrogens (tertiary/aromatic N) is 1. The number of methoxy groups -OCH3 is 1. The van der Waals surface area contributed by atoms with Crippen molar-refractivity contribution in [3.05, 3.63) is 58.7 Å². The van der Waals surface area contributed by atoms with Crippen LogP contribution in [0, 0.1) is 28.6 Å². The quantitative estimate of drug-likeness (QED) is 0.297. The fraction of sp³-hybridized carbons (Fsp3) is 0.600. The number of benzene rings is 1. The Balaban J connectivity index is 1.46. The van der Waals surface area contributed by atoms with E-state index in [2.05, 4.69) is 28.7 Å². The Kier molecular flexibility index (Phi) is 8.64. The van der Waals surface area contributed by atoms with Crippen molar-refractivity contribution in [2.75, 3.05) is 31.7 Å². The van der Waals surface area contributed by atoms with E-state index in [4.69, 9.17) is 21.1 Å². The zero-order valence-corrected chi connectivity index (χ0v) is 28.6. The van der Waals surface area contributed by atoms with Crippen LogP contribution in [0.5, 0.6) is 5.75 Å². The smallest absolute Gasteiger partial charge is 0.342 e. The second-order valence-electron chi connectivity index (χ2n) is 14.3. The van der Waals surface area contributed by atoms with Crippen molar-refractivity contribution in [2.45, 2.75) is 76.6 Å². The molecule has 1 aromatic carbocycles. The van der Waals surface area contributed by atoms with Gasteiger partial charge in [0.25, 0.3) is 5.91 Å². The number of ether oxygens (including phenoxy) is 2. The minimum atomic E-state index is -4.04. The summed E-state index contributed by atoms with van der Waals surface area (Å²) < 4.78 is 40.6. The molecule has 11 heteroatoms. The molecule has 2 heterocycles. The number of nitrogens with one attached hydrogen (secondary N) is 1. The number of sulfonamides is 1. The Morgan fingerprint density at radius 2 is 2.02 bits per heavy atom. The summed E-state index contributed by atoms with van der Waals surface area (Å²) in [4.78, 5) is 28.9. The SMILES string of the molecule is COC(=O)[C@@]1(O)/C=C/C[C@H](C)[C@@H](C)S(=O)(=O)NC(=O)c2ccc3c(c2)N(C[C@@H]2CC[C@H]21)C[C@@]1(CCCC2=CC(Cl)=CCC21C)CO3. The number of allylic oxidation sites excluding steroid dienone is 5. The van der Waals surface area contributed by atoms with Gasteiger partial charge in [0.15, 0.2) is 5.60 Å². The number of hydrogen-bond acceptors (Lipinski definition) is 8. The monoisotopic (exact) mass is 672 g/mol. The van der Waals surface area contributed by atoms with Gasteiger partial charge in [-0.15, -0.1) is 0 Å². The number of carbonyl (C=O) groups excluding carboxylic acids is 2. The van der Waals surface area contributed by atoms with Crippen LogP contribution in [0.15, 0.2) is 53.1 Å². The lowest BCUT2D eigenvalue weighted by atomic mass is 9.52. The zero-order valence-electron chi connectivity index (χ0n) is 27.1. The summed E-state index contributed by atoms with van der Waals surface area (Å²) in [5, 5.41) is 11.8. The predicted molar refractivity (Wildman–Crippen MR) is 177 cm³/mol. The third-order valence-corrected chi connectivity index (χ3v) is 14.1. The molecule has 9 nitrogen and oxygen atoms in total. The van der Waals surface area contributed by atoms with Crippen molar-refractivity contribution in [1.29, 1.82) is 0 Å². The van der Waals surface area contributed by atoms with E-state index < -0.39 is 44.6 Å². The fourth-order valence-electron chi connectivity index (χ4n) is 8.40. The molecule has 250 valence electrons. The number of carbonyl (C=O) groups is 2. The lowest BCUT2D eigenvalue weighted by Crippen LogP contribution is -2.57. The van der Waals surface area contributed by atoms with Crippen molar-refractivity contribution < 1.29 is 32.6 Å². The molecule has 2 N–H and O–H groups in total. The van der Waals surface area contributed by atoms with E-state index in [0.717, 1.165) is 37.1 Å². The molecule has 2 saturated carbocycles. The van der Waals surface area contributed by atoms with E-state index in [9.17, 15) is 23.1 Å². The van der Waals surface area contributed by atoms with E-state index in [1.165, 1.54) is 18.8 Å². The minimum Gasteiger partial charge on any atom is -0.491 e. The fourth-order valence-corrected chi connectivity index (χ4v) is 9.89. The number of anilines is 1. The summed E-state index contributed by atoms with van der Waals surface area (Å²) in [5.41, 5.74) is -0.125. The first kappa shape index (κ1) is 33.1. The van der Waals surface area contributed by atoms with Gasteiger partial charge in [-0.3, -0.25) is 4.79 Å². The van der Waals surface area contributed by atoms with E-state index in [-0.39, 0.29) is 28.7 Å². The summed E-state index contributed by atoms with van der Waals surface area (Å²) in [6.07, 6.45) is 12.8. The average molecular weight is 673 g/mol. The first-order chi connectivity index (χ1) is 21.7. The molecule has 1 amide bonds. The molecule has 2 fully saturated rings. The maximum Gasteiger partial charge on any atom is 0.342 e. The predicted octanol–water partition coefficient (Wildman–Crippen LogP) is 5.49. The van der Waals surface area contributed by atoms with Crippen molar-refractivity contribution in [3.8, 4) is 5.75 Å². The molecular weight excluding hydrogens is 628 g/mol. The van der Waals surface area contributed by atoms with Gasteiger partial charge < -0.3 is 19.5 Å². The summed E-state index contributed by atoms with van der Waals surface area (Å²) in [6.45, 7) is 7.21. The molecule has 0 saturated heterocycles. The molecular formula is C35H45ClN2O7S. The second-order valence-corrected chi connectivity index (χ2v) is 16.8. The van der Waals surface area contributed by atoms with Crippen LogP contribution in [-0.2, 0) is 19.6 Å². The number of fused-ring (bicyclic) bond motifs is 4. The molecule has 3 aliphatic carbocycles. The molecule has 1 unspecified atom stereocenters. The zero-order chi connectivity index (χ0) is 33.1. The molecule has 7 atom stereocenters. The van der Waals surface area contributed by atoms with Crippen LogP contribution in [-0.4, -0.2) is 63.1 Å². The molecule has 0 radical (unpaired) electrons. The van der Waals surface area contributed by atoms with E-state index >= 15 is 0 Å². The summed E-state index contributed by atoms with van der Waals surface area (Å²) in [7, 11) is -2.77. The van der Waals surface area contributed by atoms with E-state index in [1.54, 1.807) is 38.1 Å². The van der Waals surface area contributed by atoms with Gasteiger partial charge in [0, 0.05) is 40.4 Å². The largest absolute Gasteiger partial charge is 0.491 e. The third kappa shape index (κ3) is 5.48. The lowest BCUT2D eigenvalue weighted by molar-refractivity contribution is -0.169. The molecule has 5 aliphatic rings. The lowest BCUT2D eigenvalue weighted by Gasteiger charge is -2.55. The first-order valence-corrected chi connectivity index (χ1v) is 18.3. The number of halogens is 1. The number of esters is 1. The van der Waals surface area contributed by atoms with Gasteiger partial charge in [0.2, 0.25) is 10.0 Å². The highest BCUT2D eigenvalue weighted by molar-refractivity contribution is 7.90. The van der Waals surface area contributed by atoms with E-state index in [1.807, 2.05) is 0 Å². The van der Waals surface area contributed by atoms with Crippen LogP contribution < -0.4 is 14.4 Å². The van der Waals surface area contributed by atoms with Gasteiger partial charge in [-0.2, -0.15) is 0 Å². The summed E-state index contributed by atoms with van der Waals surface area (Å²) in [6, 6.07) is 5.08. The molecule has 6 rings (SSSR count). The van der Waals surface area contributed by atoms with Gasteiger partial charge in [-0.1, -0.05) is 43.2 Å². The highest BCUT2D eigenvalue weighted by Gasteiger charge is 2.56. The Hall–Kier alpha value is -2.82. The van der Waals surface area contributed by atoms with Gasteiger partial charge in [0.05, 0.1) is 24.7 Å². The molecule has 0 aromatic heterocycles. The van der Waals surface area contributed by atoms with Crippen LogP contribution in [0.4, 0.5) is 5.69 Å². The highest BCUT2D eigenvalue weighted by Crippen LogP contribution is 2.60. The van der Waals surface area contributed by atoms with Crippen LogP contribution >= 0.6 is 11.6 Å². The second kappa shape index (κ2) is 12.0. The van der Waals surface area contributed by atoms with Crippen molar-refractivity contribution >= 4 is 39.2 Å². The van der Waals surface area contributed by atoms with Crippen LogP contribution in [0.25, 0.3) is 0 Å². The number of hydrogen-bond donors (Lipinski definition) is 2. The van der Waals surface area contributed by atoms with Gasteiger partial charge >= 0.3 is 5.97 Å². The minimum absolute atomic E-state index is 0.0500. The number of rotatable bonds is 1. The molecule has 46 heavy (non-hydrogen) atoms. The highest BCUT2D eigenvalue weighted by atomic mass is 35.5. The molecule has 1 aromatic rings. The topological polar surface area (TPSA) is 122 Å². The van der Waals surface area contributed by atoms with Crippen molar-refractivity contribution in [2.24, 2.45) is 28.6 Å². The maximum absolute atomic E-state index is 13.5. The van der Waals surface area contributed by atoms with Crippen LogP contribution in [0.1, 0.15) is 76.1 Å². The Morgan fingerprint density at radius 3 is 2.74 bits per heavy atom. The van der Waals surface area contributed by atoms with Crippen molar-refractivity contribution in [3.63, 3.8) is 0 Å². The average Bonchev–Trinajstić information content (AvgIpc) is 3.16. The van der Waals surface area contributed by atoms with Gasteiger partial charge in [-0.05, 0) is 94.1 Å². The summed E-state index contributed by atoms with van der Waals surface area (Å²) in [5.74, 6) is -1.65. The van der Waals surface area contributed by atoms with Crippen LogP contribution in [0.2, 0.25) is 0 Å². The first-order valence-electron chi connectivity index (χ1n) is 16.4. The standard InChI is InChI=1S/C35H45ClN2O7S/c1-22-7-5-15-35(41,32(40)44-4)28-11-9-25(28)19-38-20-34(14-6-8-26-18-27(36)13-16-33(26,34)3)21-45-30-12-10-24(17-29(30)38)31(39)37-46(42,43)23(22)2/h5,10,12-13,15,17-18,22-23,25,28,41H,6-9,11,14,16,19-21H2,1-4H3,(H,37,39)/b15-5+/t22-,23+,25-,28+,33?,34-,35+/m0/s1. The number of aliphatic hydroxyl groups is 1. The third-order valence-electron chi connectivity index (χ3n) is 11.9. The Morgan fingerprint density at radius 1 is 1.24 bits per heavy atom. The molecule has 1 spiro atoms. The van der Waals surface area contributed by atoms with Crippen LogP contribution in [0.3, 0.4) is 0 Å². The Labute approximate surface area is 277 Å². The molecule has 2 bridgehead atoms. The van der Waals surface area contributed by atoms with Crippen molar-refractivity contribution in [1.82, 2.24) is 4.72 Å². The Bertz CT molecular complexity index is 1620.